The molecule has 2 heterocycles. The topological polar surface area (TPSA) is 71.5 Å². The van der Waals surface area contributed by atoms with Crippen molar-refractivity contribution in [1.82, 2.24) is 9.29 Å². The number of sulfonamides is 1. The second kappa shape index (κ2) is 5.73. The SMILES string of the molecule is COc1cccc2c(NCC3CN(S(C)(=O)=O)C3)ccnc12. The minimum absolute atomic E-state index is 0.337. The molecule has 1 aliphatic rings. The van der Waals surface area contributed by atoms with Crippen molar-refractivity contribution in [3.8, 4) is 5.75 Å². The van der Waals surface area contributed by atoms with Gasteiger partial charge in [0.25, 0.3) is 0 Å². The van der Waals surface area contributed by atoms with Gasteiger partial charge in [-0.2, -0.15) is 0 Å². The number of anilines is 1. The summed E-state index contributed by atoms with van der Waals surface area (Å²) in [6.07, 6.45) is 3.00. The van der Waals surface area contributed by atoms with Crippen LogP contribution in [0.1, 0.15) is 0 Å². The molecule has 6 nitrogen and oxygen atoms in total. The fourth-order valence-corrected chi connectivity index (χ4v) is 3.61. The number of methoxy groups -OCH3 is 1. The number of benzene rings is 1. The van der Waals surface area contributed by atoms with Gasteiger partial charge in [-0.05, 0) is 12.1 Å². The molecule has 0 atom stereocenters. The predicted molar refractivity (Wildman–Crippen MR) is 86.7 cm³/mol. The molecule has 0 amide bonds. The average Bonchev–Trinajstić information content (AvgIpc) is 2.43. The number of para-hydroxylation sites is 1. The Balaban J connectivity index is 1.71. The summed E-state index contributed by atoms with van der Waals surface area (Å²) < 4.78 is 29.5. The zero-order chi connectivity index (χ0) is 15.7. The molecule has 1 aromatic carbocycles. The molecule has 1 fully saturated rings. The van der Waals surface area contributed by atoms with Gasteiger partial charge in [0.2, 0.25) is 10.0 Å². The third-order valence-corrected chi connectivity index (χ3v) is 5.16. The van der Waals surface area contributed by atoms with E-state index in [-0.39, 0.29) is 0 Å². The monoisotopic (exact) mass is 321 g/mol. The van der Waals surface area contributed by atoms with E-state index in [2.05, 4.69) is 10.3 Å². The third kappa shape index (κ3) is 2.86. The quantitative estimate of drug-likeness (QED) is 0.904. The molecule has 1 N–H and O–H groups in total. The molecule has 0 unspecified atom stereocenters. The molecule has 7 heteroatoms. The number of ether oxygens (including phenoxy) is 1. The highest BCUT2D eigenvalue weighted by molar-refractivity contribution is 7.88. The molecule has 2 aromatic rings. The van der Waals surface area contributed by atoms with E-state index in [1.807, 2.05) is 24.3 Å². The highest BCUT2D eigenvalue weighted by atomic mass is 32.2. The lowest BCUT2D eigenvalue weighted by molar-refractivity contribution is 0.213. The van der Waals surface area contributed by atoms with Crippen molar-refractivity contribution >= 4 is 26.6 Å². The van der Waals surface area contributed by atoms with E-state index in [9.17, 15) is 8.42 Å². The van der Waals surface area contributed by atoms with Crippen LogP contribution >= 0.6 is 0 Å². The minimum atomic E-state index is -3.05. The van der Waals surface area contributed by atoms with Crippen LogP contribution in [-0.4, -0.2) is 50.7 Å². The van der Waals surface area contributed by atoms with Gasteiger partial charge in [0.1, 0.15) is 11.3 Å². The van der Waals surface area contributed by atoms with Gasteiger partial charge in [-0.1, -0.05) is 12.1 Å². The molecule has 0 aliphatic carbocycles. The first-order chi connectivity index (χ1) is 10.5. The maximum Gasteiger partial charge on any atom is 0.211 e. The maximum atomic E-state index is 11.4. The zero-order valence-corrected chi connectivity index (χ0v) is 13.4. The second-order valence-electron chi connectivity index (χ2n) is 5.54. The molecule has 3 rings (SSSR count). The molecule has 118 valence electrons. The van der Waals surface area contributed by atoms with E-state index in [1.54, 1.807) is 13.3 Å². The highest BCUT2D eigenvalue weighted by Gasteiger charge is 2.32. The summed E-state index contributed by atoms with van der Waals surface area (Å²) >= 11 is 0. The highest BCUT2D eigenvalue weighted by Crippen LogP contribution is 2.29. The molecule has 0 radical (unpaired) electrons. The minimum Gasteiger partial charge on any atom is -0.494 e. The second-order valence-corrected chi connectivity index (χ2v) is 7.52. The Labute approximate surface area is 130 Å². The van der Waals surface area contributed by atoms with Gasteiger partial charge in [0, 0.05) is 42.8 Å². The van der Waals surface area contributed by atoms with Crippen LogP contribution in [0.15, 0.2) is 30.5 Å². The molecule has 0 saturated carbocycles. The van der Waals surface area contributed by atoms with Crippen molar-refractivity contribution in [3.63, 3.8) is 0 Å². The number of hydrogen-bond acceptors (Lipinski definition) is 5. The predicted octanol–water partition coefficient (Wildman–Crippen LogP) is 1.55. The number of nitrogens with one attached hydrogen (secondary N) is 1. The van der Waals surface area contributed by atoms with Crippen molar-refractivity contribution in [1.29, 1.82) is 0 Å². The lowest BCUT2D eigenvalue weighted by Gasteiger charge is -2.37. The number of pyridine rings is 1. The molecular weight excluding hydrogens is 302 g/mol. The Morgan fingerprint density at radius 2 is 2.14 bits per heavy atom. The van der Waals surface area contributed by atoms with Crippen LogP contribution in [0.3, 0.4) is 0 Å². The first kappa shape index (κ1) is 15.1. The van der Waals surface area contributed by atoms with E-state index in [4.69, 9.17) is 4.74 Å². The van der Waals surface area contributed by atoms with Gasteiger partial charge in [-0.15, -0.1) is 0 Å². The molecule has 22 heavy (non-hydrogen) atoms. The fraction of sp³-hybridized carbons (Fsp3) is 0.400. The van der Waals surface area contributed by atoms with E-state index in [0.29, 0.717) is 19.0 Å². The summed E-state index contributed by atoms with van der Waals surface area (Å²) in [7, 11) is -1.42. The van der Waals surface area contributed by atoms with Crippen molar-refractivity contribution < 1.29 is 13.2 Å². The number of aromatic nitrogens is 1. The molecule has 1 aromatic heterocycles. The summed E-state index contributed by atoms with van der Waals surface area (Å²) in [5.74, 6) is 1.08. The van der Waals surface area contributed by atoms with Crippen LogP contribution in [0.25, 0.3) is 10.9 Å². The summed E-state index contributed by atoms with van der Waals surface area (Å²) in [6.45, 7) is 1.90. The summed E-state index contributed by atoms with van der Waals surface area (Å²) in [6, 6.07) is 7.74. The van der Waals surface area contributed by atoms with Crippen LogP contribution in [-0.2, 0) is 10.0 Å². The zero-order valence-electron chi connectivity index (χ0n) is 12.6. The van der Waals surface area contributed by atoms with Crippen LogP contribution < -0.4 is 10.1 Å². The first-order valence-electron chi connectivity index (χ1n) is 7.10. The van der Waals surface area contributed by atoms with E-state index < -0.39 is 10.0 Å². The van der Waals surface area contributed by atoms with Crippen molar-refractivity contribution in [2.75, 3.05) is 38.3 Å². The fourth-order valence-electron chi connectivity index (χ4n) is 2.64. The van der Waals surface area contributed by atoms with Gasteiger partial charge in [-0.25, -0.2) is 12.7 Å². The molecule has 0 bridgehead atoms. The Kier molecular flexibility index (Phi) is 3.92. The lowest BCUT2D eigenvalue weighted by atomic mass is 10.0. The number of hydrogen-bond donors (Lipinski definition) is 1. The van der Waals surface area contributed by atoms with Crippen molar-refractivity contribution in [2.45, 2.75) is 0 Å². The number of fused-ring (bicyclic) bond motifs is 1. The van der Waals surface area contributed by atoms with E-state index in [1.165, 1.54) is 10.6 Å². The molecule has 1 aliphatic heterocycles. The number of nitrogens with zero attached hydrogens (tertiary/aromatic N) is 2. The van der Waals surface area contributed by atoms with Crippen LogP contribution in [0.2, 0.25) is 0 Å². The van der Waals surface area contributed by atoms with Gasteiger partial charge >= 0.3 is 0 Å². The van der Waals surface area contributed by atoms with E-state index >= 15 is 0 Å². The van der Waals surface area contributed by atoms with Crippen molar-refractivity contribution in [3.05, 3.63) is 30.5 Å². The Bertz CT molecular complexity index is 786. The molecular formula is C15H19N3O3S. The van der Waals surface area contributed by atoms with Crippen LogP contribution in [0.5, 0.6) is 5.75 Å². The van der Waals surface area contributed by atoms with Crippen LogP contribution in [0, 0.1) is 5.92 Å². The Morgan fingerprint density at radius 3 is 2.82 bits per heavy atom. The number of rotatable bonds is 5. The van der Waals surface area contributed by atoms with Crippen molar-refractivity contribution in [2.24, 2.45) is 5.92 Å². The Hall–Kier alpha value is -1.86. The standard InChI is InChI=1S/C15H19N3O3S/c1-21-14-5-3-4-12-13(6-7-16-15(12)14)17-8-11-9-18(10-11)22(2,19)20/h3-7,11H,8-10H2,1-2H3,(H,16,17). The molecule has 1 saturated heterocycles. The van der Waals surface area contributed by atoms with Gasteiger partial charge in [0.05, 0.1) is 13.4 Å². The summed E-state index contributed by atoms with van der Waals surface area (Å²) in [4.78, 5) is 4.37. The molecule has 0 spiro atoms. The van der Waals surface area contributed by atoms with Gasteiger partial charge in [-0.3, -0.25) is 4.98 Å². The lowest BCUT2D eigenvalue weighted by Crippen LogP contribution is -2.51. The largest absolute Gasteiger partial charge is 0.494 e. The first-order valence-corrected chi connectivity index (χ1v) is 8.94. The smallest absolute Gasteiger partial charge is 0.211 e. The third-order valence-electron chi connectivity index (χ3n) is 3.93. The summed E-state index contributed by atoms with van der Waals surface area (Å²) in [5.41, 5.74) is 1.81. The van der Waals surface area contributed by atoms with Gasteiger partial charge < -0.3 is 10.1 Å². The van der Waals surface area contributed by atoms with E-state index in [0.717, 1.165) is 28.9 Å². The maximum absolute atomic E-state index is 11.4. The summed E-state index contributed by atoms with van der Waals surface area (Å²) in [5, 5.41) is 4.40. The normalized spacial score (nSPS) is 16.5. The van der Waals surface area contributed by atoms with Gasteiger partial charge in [0.15, 0.2) is 0 Å². The Morgan fingerprint density at radius 1 is 1.36 bits per heavy atom. The average molecular weight is 321 g/mol. The van der Waals surface area contributed by atoms with Crippen LogP contribution in [0.4, 0.5) is 5.69 Å².